The summed E-state index contributed by atoms with van der Waals surface area (Å²) in [4.78, 5) is 0. The summed E-state index contributed by atoms with van der Waals surface area (Å²) < 4.78 is 45.0. The predicted octanol–water partition coefficient (Wildman–Crippen LogP) is 3.29. The van der Waals surface area contributed by atoms with E-state index in [4.69, 9.17) is 4.74 Å². The quantitative estimate of drug-likeness (QED) is 0.793. The summed E-state index contributed by atoms with van der Waals surface area (Å²) in [7, 11) is 1.54. The van der Waals surface area contributed by atoms with Crippen molar-refractivity contribution in [2.24, 2.45) is 0 Å². The van der Waals surface area contributed by atoms with E-state index in [0.717, 1.165) is 5.56 Å². The van der Waals surface area contributed by atoms with Crippen LogP contribution < -0.4 is 4.74 Å². The first-order valence-corrected chi connectivity index (χ1v) is 4.89. The standard InChI is InChI=1S/C12H13F3O2/c1-9(7-17-8-12(13,14)15)10-3-5-11(16-2)6-4-10/h3-6H,1,7-8H2,2H3. The van der Waals surface area contributed by atoms with E-state index in [-0.39, 0.29) is 6.61 Å². The van der Waals surface area contributed by atoms with Gasteiger partial charge >= 0.3 is 6.18 Å². The second-order valence-electron chi connectivity index (χ2n) is 3.44. The van der Waals surface area contributed by atoms with E-state index in [2.05, 4.69) is 11.3 Å². The highest BCUT2D eigenvalue weighted by atomic mass is 19.4. The van der Waals surface area contributed by atoms with Gasteiger partial charge < -0.3 is 9.47 Å². The Labute approximate surface area is 97.7 Å². The van der Waals surface area contributed by atoms with Gasteiger partial charge in [-0.05, 0) is 23.3 Å². The molecule has 0 aliphatic rings. The van der Waals surface area contributed by atoms with Gasteiger partial charge in [-0.25, -0.2) is 0 Å². The predicted molar refractivity (Wildman–Crippen MR) is 58.9 cm³/mol. The summed E-state index contributed by atoms with van der Waals surface area (Å²) in [5, 5.41) is 0. The number of methoxy groups -OCH3 is 1. The molecule has 0 unspecified atom stereocenters. The van der Waals surface area contributed by atoms with E-state index >= 15 is 0 Å². The molecule has 94 valence electrons. The minimum Gasteiger partial charge on any atom is -0.497 e. The van der Waals surface area contributed by atoms with Crippen LogP contribution in [0.25, 0.3) is 5.57 Å². The molecule has 5 heteroatoms. The second kappa shape index (κ2) is 5.72. The third kappa shape index (κ3) is 4.91. The normalized spacial score (nSPS) is 11.3. The van der Waals surface area contributed by atoms with Gasteiger partial charge in [0.15, 0.2) is 0 Å². The molecule has 17 heavy (non-hydrogen) atoms. The molecule has 0 aromatic heterocycles. The number of ether oxygens (including phenoxy) is 2. The van der Waals surface area contributed by atoms with Gasteiger partial charge in [-0.2, -0.15) is 13.2 Å². The van der Waals surface area contributed by atoms with Crippen LogP contribution in [0.3, 0.4) is 0 Å². The van der Waals surface area contributed by atoms with Crippen LogP contribution in [0.4, 0.5) is 13.2 Å². The maximum absolute atomic E-state index is 11.8. The summed E-state index contributed by atoms with van der Waals surface area (Å²) in [5.41, 5.74) is 1.23. The van der Waals surface area contributed by atoms with Crippen molar-refractivity contribution in [1.29, 1.82) is 0 Å². The molecular weight excluding hydrogens is 233 g/mol. The van der Waals surface area contributed by atoms with Crippen LogP contribution in [0.2, 0.25) is 0 Å². The minimum atomic E-state index is -4.31. The van der Waals surface area contributed by atoms with Gasteiger partial charge in [-0.15, -0.1) is 0 Å². The number of hydrogen-bond donors (Lipinski definition) is 0. The molecule has 0 aliphatic heterocycles. The lowest BCUT2D eigenvalue weighted by Crippen LogP contribution is -2.17. The minimum absolute atomic E-state index is 0.147. The number of alkyl halides is 3. The molecule has 0 N–H and O–H groups in total. The number of halogens is 3. The highest BCUT2D eigenvalue weighted by Gasteiger charge is 2.27. The molecule has 1 aromatic carbocycles. The highest BCUT2D eigenvalue weighted by molar-refractivity contribution is 5.64. The van der Waals surface area contributed by atoms with Crippen molar-refractivity contribution < 1.29 is 22.6 Å². The first-order valence-electron chi connectivity index (χ1n) is 4.89. The molecule has 0 atom stereocenters. The van der Waals surface area contributed by atoms with Crippen LogP contribution in [-0.4, -0.2) is 26.5 Å². The largest absolute Gasteiger partial charge is 0.497 e. The van der Waals surface area contributed by atoms with Gasteiger partial charge in [-0.1, -0.05) is 18.7 Å². The van der Waals surface area contributed by atoms with E-state index in [0.29, 0.717) is 11.3 Å². The van der Waals surface area contributed by atoms with E-state index in [1.165, 1.54) is 7.11 Å². The van der Waals surface area contributed by atoms with E-state index in [1.807, 2.05) is 0 Å². The molecule has 1 aromatic rings. The van der Waals surface area contributed by atoms with E-state index in [9.17, 15) is 13.2 Å². The lowest BCUT2D eigenvalue weighted by molar-refractivity contribution is -0.170. The third-order valence-electron chi connectivity index (χ3n) is 2.04. The Hall–Kier alpha value is -1.49. The monoisotopic (exact) mass is 246 g/mol. The molecule has 0 spiro atoms. The summed E-state index contributed by atoms with van der Waals surface area (Å²) in [6, 6.07) is 6.87. The lowest BCUT2D eigenvalue weighted by Gasteiger charge is -2.10. The van der Waals surface area contributed by atoms with Gasteiger partial charge in [0.1, 0.15) is 12.4 Å². The Morgan fingerprint density at radius 2 is 1.82 bits per heavy atom. The molecule has 2 nitrogen and oxygen atoms in total. The molecule has 0 saturated heterocycles. The van der Waals surface area contributed by atoms with Gasteiger partial charge in [-0.3, -0.25) is 0 Å². The van der Waals surface area contributed by atoms with Crippen LogP contribution in [0.15, 0.2) is 30.8 Å². The Kier molecular flexibility index (Phi) is 4.57. The summed E-state index contributed by atoms with van der Waals surface area (Å²) in [5.74, 6) is 0.678. The van der Waals surface area contributed by atoms with Crippen molar-refractivity contribution >= 4 is 5.57 Å². The van der Waals surface area contributed by atoms with Crippen molar-refractivity contribution in [1.82, 2.24) is 0 Å². The van der Waals surface area contributed by atoms with Crippen LogP contribution in [-0.2, 0) is 4.74 Å². The smallest absolute Gasteiger partial charge is 0.411 e. The average Bonchev–Trinajstić information content (AvgIpc) is 2.27. The van der Waals surface area contributed by atoms with Gasteiger partial charge in [0, 0.05) is 0 Å². The first kappa shape index (κ1) is 13.6. The fourth-order valence-electron chi connectivity index (χ4n) is 1.20. The maximum Gasteiger partial charge on any atom is 0.411 e. The fraction of sp³-hybridized carbons (Fsp3) is 0.333. The Balaban J connectivity index is 2.47. The third-order valence-corrected chi connectivity index (χ3v) is 2.04. The second-order valence-corrected chi connectivity index (χ2v) is 3.44. The van der Waals surface area contributed by atoms with E-state index in [1.54, 1.807) is 24.3 Å². The van der Waals surface area contributed by atoms with Crippen molar-refractivity contribution in [3.63, 3.8) is 0 Å². The molecule has 0 amide bonds. The molecule has 0 radical (unpaired) electrons. The number of rotatable bonds is 5. The molecule has 0 heterocycles. The van der Waals surface area contributed by atoms with E-state index < -0.39 is 12.8 Å². The lowest BCUT2D eigenvalue weighted by atomic mass is 10.1. The van der Waals surface area contributed by atoms with Crippen molar-refractivity contribution in [3.05, 3.63) is 36.4 Å². The molecule has 0 aliphatic carbocycles. The number of hydrogen-bond acceptors (Lipinski definition) is 2. The summed E-state index contributed by atoms with van der Waals surface area (Å²) in [6.45, 7) is 2.26. The molecule has 0 saturated carbocycles. The van der Waals surface area contributed by atoms with Gasteiger partial charge in [0.25, 0.3) is 0 Å². The van der Waals surface area contributed by atoms with Crippen LogP contribution in [0.5, 0.6) is 5.75 Å². The van der Waals surface area contributed by atoms with Crippen molar-refractivity contribution in [3.8, 4) is 5.75 Å². The van der Waals surface area contributed by atoms with Crippen molar-refractivity contribution in [2.45, 2.75) is 6.18 Å². The highest BCUT2D eigenvalue weighted by Crippen LogP contribution is 2.19. The Morgan fingerprint density at radius 3 is 2.29 bits per heavy atom. The average molecular weight is 246 g/mol. The Bertz CT molecular complexity index is 368. The topological polar surface area (TPSA) is 18.5 Å². The zero-order valence-corrected chi connectivity index (χ0v) is 9.38. The summed E-state index contributed by atoms with van der Waals surface area (Å²) in [6.07, 6.45) is -4.31. The zero-order valence-electron chi connectivity index (χ0n) is 9.38. The Morgan fingerprint density at radius 1 is 1.24 bits per heavy atom. The molecule has 0 fully saturated rings. The summed E-state index contributed by atoms with van der Waals surface area (Å²) >= 11 is 0. The molecule has 0 bridgehead atoms. The SMILES string of the molecule is C=C(COCC(F)(F)F)c1ccc(OC)cc1. The van der Waals surface area contributed by atoms with Crippen LogP contribution in [0, 0.1) is 0 Å². The molecule has 1 rings (SSSR count). The van der Waals surface area contributed by atoms with Crippen molar-refractivity contribution in [2.75, 3.05) is 20.3 Å². The van der Waals surface area contributed by atoms with Gasteiger partial charge in [0.05, 0.1) is 13.7 Å². The maximum atomic E-state index is 11.8. The van der Waals surface area contributed by atoms with Crippen LogP contribution in [0.1, 0.15) is 5.56 Å². The molecular formula is C12H13F3O2. The fourth-order valence-corrected chi connectivity index (χ4v) is 1.20. The zero-order chi connectivity index (χ0) is 12.9. The van der Waals surface area contributed by atoms with Crippen LogP contribution >= 0.6 is 0 Å². The number of benzene rings is 1. The van der Waals surface area contributed by atoms with Gasteiger partial charge in [0.2, 0.25) is 0 Å². The first-order chi connectivity index (χ1) is 7.92.